The summed E-state index contributed by atoms with van der Waals surface area (Å²) in [6, 6.07) is 4.47. The van der Waals surface area contributed by atoms with Gasteiger partial charge in [-0.1, -0.05) is 0 Å². The molecule has 2 rings (SSSR count). The van der Waals surface area contributed by atoms with Crippen molar-refractivity contribution in [1.82, 2.24) is 4.90 Å². The maximum atomic E-state index is 10.4. The number of thiophene rings is 1. The van der Waals surface area contributed by atoms with Crippen molar-refractivity contribution in [3.63, 3.8) is 0 Å². The summed E-state index contributed by atoms with van der Waals surface area (Å²) >= 11 is 1.64. The highest BCUT2D eigenvalue weighted by atomic mass is 32.1. The number of rotatable bonds is 4. The smallest absolute Gasteiger partial charge is 0.328 e. The Hall–Kier alpha value is -1.17. The molecule has 18 heavy (non-hydrogen) atoms. The Balaban J connectivity index is 1.95. The van der Waals surface area contributed by atoms with Gasteiger partial charge in [-0.05, 0) is 25.1 Å². The highest BCUT2D eigenvalue weighted by Gasteiger charge is 2.19. The van der Waals surface area contributed by atoms with E-state index < -0.39 is 5.97 Å². The van der Waals surface area contributed by atoms with Crippen LogP contribution in [0.1, 0.15) is 16.7 Å². The molecule has 1 unspecified atom stereocenters. The maximum absolute atomic E-state index is 10.4. The van der Waals surface area contributed by atoms with Crippen LogP contribution >= 0.6 is 11.3 Å². The Morgan fingerprint density at radius 3 is 3.22 bits per heavy atom. The van der Waals surface area contributed by atoms with E-state index in [4.69, 9.17) is 9.84 Å². The number of morpholine rings is 1. The second-order valence-electron chi connectivity index (χ2n) is 4.37. The van der Waals surface area contributed by atoms with Crippen LogP contribution in [0.25, 0.3) is 6.08 Å². The van der Waals surface area contributed by atoms with Gasteiger partial charge in [0.1, 0.15) is 0 Å². The quantitative estimate of drug-likeness (QED) is 0.848. The predicted octanol–water partition coefficient (Wildman–Crippen LogP) is 2.07. The molecule has 1 fully saturated rings. The van der Waals surface area contributed by atoms with Crippen LogP contribution in [0, 0.1) is 0 Å². The van der Waals surface area contributed by atoms with Gasteiger partial charge in [0.15, 0.2) is 0 Å². The average Bonchev–Trinajstić information content (AvgIpc) is 2.77. The van der Waals surface area contributed by atoms with E-state index in [1.54, 1.807) is 17.4 Å². The number of ether oxygens (including phenoxy) is 1. The number of carbonyl (C=O) groups is 1. The summed E-state index contributed by atoms with van der Waals surface area (Å²) < 4.78 is 5.41. The molecule has 1 aliphatic heterocycles. The first-order chi connectivity index (χ1) is 8.65. The molecule has 0 spiro atoms. The topological polar surface area (TPSA) is 49.8 Å². The summed E-state index contributed by atoms with van der Waals surface area (Å²) in [5.74, 6) is -0.910. The summed E-state index contributed by atoms with van der Waals surface area (Å²) in [7, 11) is 0. The van der Waals surface area contributed by atoms with Crippen molar-refractivity contribution in [2.75, 3.05) is 19.8 Å². The molecule has 0 radical (unpaired) electrons. The number of nitrogens with zero attached hydrogens (tertiary/aromatic N) is 1. The van der Waals surface area contributed by atoms with E-state index in [0.29, 0.717) is 6.04 Å². The third kappa shape index (κ3) is 3.66. The lowest BCUT2D eigenvalue weighted by molar-refractivity contribution is -0.131. The molecule has 1 aromatic rings. The molecule has 0 aromatic carbocycles. The fourth-order valence-corrected chi connectivity index (χ4v) is 2.86. The molecule has 1 saturated heterocycles. The number of carboxylic acids is 1. The maximum Gasteiger partial charge on any atom is 0.328 e. The Bertz CT molecular complexity index is 441. The molecule has 5 heteroatoms. The largest absolute Gasteiger partial charge is 0.478 e. The first-order valence-corrected chi connectivity index (χ1v) is 6.78. The minimum atomic E-state index is -0.910. The standard InChI is InChI=1S/C13H17NO3S/c1-10-9-17-7-6-14(10)8-12-3-2-11(18-12)4-5-13(15)16/h2-5,10H,6-9H2,1H3,(H,15,16). The summed E-state index contributed by atoms with van der Waals surface area (Å²) in [4.78, 5) is 15.1. The van der Waals surface area contributed by atoms with E-state index in [-0.39, 0.29) is 0 Å². The third-order valence-corrected chi connectivity index (χ3v) is 3.97. The molecule has 0 amide bonds. The molecule has 1 N–H and O–H groups in total. The van der Waals surface area contributed by atoms with E-state index in [9.17, 15) is 4.79 Å². The van der Waals surface area contributed by atoms with Crippen LogP contribution in [0.3, 0.4) is 0 Å². The number of aliphatic carboxylic acids is 1. The number of hydrogen-bond donors (Lipinski definition) is 1. The lowest BCUT2D eigenvalue weighted by Gasteiger charge is -2.32. The van der Waals surface area contributed by atoms with Gasteiger partial charge < -0.3 is 9.84 Å². The lowest BCUT2D eigenvalue weighted by atomic mass is 10.2. The Labute approximate surface area is 110 Å². The van der Waals surface area contributed by atoms with Gasteiger partial charge in [-0.25, -0.2) is 4.79 Å². The van der Waals surface area contributed by atoms with E-state index in [2.05, 4.69) is 17.9 Å². The van der Waals surface area contributed by atoms with Crippen molar-refractivity contribution in [2.24, 2.45) is 0 Å². The first kappa shape index (κ1) is 13.3. The van der Waals surface area contributed by atoms with Crippen LogP contribution < -0.4 is 0 Å². The van der Waals surface area contributed by atoms with E-state index >= 15 is 0 Å². The monoisotopic (exact) mass is 267 g/mol. The Kier molecular flexibility index (Phi) is 4.52. The van der Waals surface area contributed by atoms with Gasteiger partial charge in [0.25, 0.3) is 0 Å². The van der Waals surface area contributed by atoms with Gasteiger partial charge in [0, 0.05) is 35.0 Å². The normalized spacial score (nSPS) is 21.5. The van der Waals surface area contributed by atoms with E-state index in [1.165, 1.54) is 11.0 Å². The zero-order chi connectivity index (χ0) is 13.0. The van der Waals surface area contributed by atoms with Crippen LogP contribution in [-0.2, 0) is 16.1 Å². The summed E-state index contributed by atoms with van der Waals surface area (Å²) in [6.07, 6.45) is 2.81. The van der Waals surface area contributed by atoms with Crippen molar-refractivity contribution >= 4 is 23.4 Å². The Morgan fingerprint density at radius 2 is 2.50 bits per heavy atom. The molecule has 4 nitrogen and oxygen atoms in total. The van der Waals surface area contributed by atoms with Crippen molar-refractivity contribution in [3.05, 3.63) is 28.0 Å². The van der Waals surface area contributed by atoms with Crippen molar-refractivity contribution in [2.45, 2.75) is 19.5 Å². The Morgan fingerprint density at radius 1 is 1.67 bits per heavy atom. The average molecular weight is 267 g/mol. The minimum Gasteiger partial charge on any atom is -0.478 e. The highest BCUT2D eigenvalue weighted by Crippen LogP contribution is 2.21. The van der Waals surface area contributed by atoms with Crippen molar-refractivity contribution in [3.8, 4) is 0 Å². The zero-order valence-corrected chi connectivity index (χ0v) is 11.2. The van der Waals surface area contributed by atoms with Gasteiger partial charge in [-0.2, -0.15) is 0 Å². The van der Waals surface area contributed by atoms with Crippen molar-refractivity contribution in [1.29, 1.82) is 0 Å². The molecule has 0 aliphatic carbocycles. The molecule has 98 valence electrons. The molecule has 0 bridgehead atoms. The van der Waals surface area contributed by atoms with Crippen LogP contribution in [0.5, 0.6) is 0 Å². The molecule has 0 saturated carbocycles. The third-order valence-electron chi connectivity index (χ3n) is 2.94. The van der Waals surface area contributed by atoms with Gasteiger partial charge >= 0.3 is 5.97 Å². The summed E-state index contributed by atoms with van der Waals surface area (Å²) in [5.41, 5.74) is 0. The van der Waals surface area contributed by atoms with Crippen LogP contribution in [0.2, 0.25) is 0 Å². The molecule has 1 atom stereocenters. The molecule has 2 heterocycles. The van der Waals surface area contributed by atoms with Crippen molar-refractivity contribution < 1.29 is 14.6 Å². The minimum absolute atomic E-state index is 0.443. The SMILES string of the molecule is CC1COCCN1Cc1ccc(C=CC(=O)O)s1. The molecule has 1 aliphatic rings. The van der Waals surface area contributed by atoms with Gasteiger partial charge in [-0.15, -0.1) is 11.3 Å². The van der Waals surface area contributed by atoms with E-state index in [0.717, 1.165) is 31.2 Å². The molecular weight excluding hydrogens is 250 g/mol. The second kappa shape index (κ2) is 6.13. The van der Waals surface area contributed by atoms with E-state index in [1.807, 2.05) is 6.07 Å². The number of carboxylic acid groups (broad SMARTS) is 1. The van der Waals surface area contributed by atoms with Gasteiger partial charge in [0.2, 0.25) is 0 Å². The van der Waals surface area contributed by atoms with Crippen LogP contribution in [0.4, 0.5) is 0 Å². The fourth-order valence-electron chi connectivity index (χ4n) is 1.92. The van der Waals surface area contributed by atoms with Crippen LogP contribution in [0.15, 0.2) is 18.2 Å². The highest BCUT2D eigenvalue weighted by molar-refractivity contribution is 7.12. The van der Waals surface area contributed by atoms with Crippen LogP contribution in [-0.4, -0.2) is 41.8 Å². The second-order valence-corrected chi connectivity index (χ2v) is 5.57. The number of hydrogen-bond acceptors (Lipinski definition) is 4. The summed E-state index contributed by atoms with van der Waals surface area (Å²) in [6.45, 7) is 5.62. The summed E-state index contributed by atoms with van der Waals surface area (Å²) in [5, 5.41) is 8.57. The molecule has 1 aromatic heterocycles. The first-order valence-electron chi connectivity index (χ1n) is 5.96. The zero-order valence-electron chi connectivity index (χ0n) is 10.3. The van der Waals surface area contributed by atoms with Gasteiger partial charge in [0.05, 0.1) is 13.2 Å². The fraction of sp³-hybridized carbons (Fsp3) is 0.462. The van der Waals surface area contributed by atoms with Gasteiger partial charge in [-0.3, -0.25) is 4.90 Å². The predicted molar refractivity (Wildman–Crippen MR) is 71.7 cm³/mol. The lowest BCUT2D eigenvalue weighted by Crippen LogP contribution is -2.42. The molecular formula is C13H17NO3S.